The van der Waals surface area contributed by atoms with Crippen LogP contribution in [0.1, 0.15) is 12.8 Å². The molecule has 1 aliphatic rings. The predicted molar refractivity (Wildman–Crippen MR) is 117 cm³/mol. The maximum Gasteiger partial charge on any atom is 0.244 e. The van der Waals surface area contributed by atoms with E-state index in [1.54, 1.807) is 37.4 Å². The molecular weight excluding hydrogens is 444 g/mol. The number of hydrogen-bond donors (Lipinski definition) is 1. The molecule has 1 heterocycles. The van der Waals surface area contributed by atoms with Crippen molar-refractivity contribution in [1.82, 2.24) is 4.31 Å². The van der Waals surface area contributed by atoms with Crippen molar-refractivity contribution in [3.63, 3.8) is 0 Å². The van der Waals surface area contributed by atoms with Gasteiger partial charge in [0.15, 0.2) is 0 Å². The van der Waals surface area contributed by atoms with Gasteiger partial charge in [-0.2, -0.15) is 4.31 Å². The van der Waals surface area contributed by atoms with Gasteiger partial charge in [-0.15, -0.1) is 0 Å². The number of carbonyl (C=O) groups excluding carboxylic acids is 1. The minimum atomic E-state index is -3.77. The number of anilines is 1. The van der Waals surface area contributed by atoms with Crippen LogP contribution in [-0.4, -0.2) is 58.7 Å². The van der Waals surface area contributed by atoms with Crippen molar-refractivity contribution in [2.24, 2.45) is 0 Å². The topological polar surface area (TPSA) is 94.2 Å². The Morgan fingerprint density at radius 1 is 1.13 bits per heavy atom. The van der Waals surface area contributed by atoms with E-state index in [4.69, 9.17) is 25.8 Å². The lowest BCUT2D eigenvalue weighted by Crippen LogP contribution is -2.40. The smallest absolute Gasteiger partial charge is 0.244 e. The van der Waals surface area contributed by atoms with Crippen LogP contribution in [0.15, 0.2) is 47.4 Å². The molecule has 1 N–H and O–H groups in total. The molecule has 1 saturated heterocycles. The number of amides is 1. The summed E-state index contributed by atoms with van der Waals surface area (Å²) in [4.78, 5) is 12.2. The van der Waals surface area contributed by atoms with Crippen molar-refractivity contribution < 1.29 is 27.4 Å². The van der Waals surface area contributed by atoms with E-state index in [0.29, 0.717) is 37.7 Å². The molecule has 8 nitrogen and oxygen atoms in total. The van der Waals surface area contributed by atoms with Gasteiger partial charge in [-0.25, -0.2) is 8.42 Å². The van der Waals surface area contributed by atoms with E-state index in [1.165, 1.54) is 16.4 Å². The summed E-state index contributed by atoms with van der Waals surface area (Å²) in [5.41, 5.74) is 0.373. The van der Waals surface area contributed by atoms with E-state index in [0.717, 1.165) is 5.75 Å². The van der Waals surface area contributed by atoms with Gasteiger partial charge in [0.1, 0.15) is 16.4 Å². The summed E-state index contributed by atoms with van der Waals surface area (Å²) in [6.07, 6.45) is 0.731. The number of carbonyl (C=O) groups is 1. The quantitative estimate of drug-likeness (QED) is 0.568. The number of nitrogens with zero attached hydrogens (tertiary/aromatic N) is 1. The second kappa shape index (κ2) is 10.8. The molecule has 31 heavy (non-hydrogen) atoms. The van der Waals surface area contributed by atoms with Crippen LogP contribution in [0.3, 0.4) is 0 Å². The molecule has 2 aromatic carbocycles. The van der Waals surface area contributed by atoms with E-state index < -0.39 is 10.0 Å². The molecule has 2 aromatic rings. The molecule has 1 fully saturated rings. The van der Waals surface area contributed by atoms with Gasteiger partial charge < -0.3 is 19.5 Å². The average molecular weight is 469 g/mol. The lowest BCUT2D eigenvalue weighted by Gasteiger charge is -2.26. The van der Waals surface area contributed by atoms with E-state index in [9.17, 15) is 13.2 Å². The lowest BCUT2D eigenvalue weighted by atomic mass is 10.2. The summed E-state index contributed by atoms with van der Waals surface area (Å²) in [6.45, 7) is 1.58. The number of sulfonamides is 1. The van der Waals surface area contributed by atoms with Crippen molar-refractivity contribution in [3.05, 3.63) is 47.5 Å². The Hall–Kier alpha value is -2.33. The van der Waals surface area contributed by atoms with Gasteiger partial charge >= 0.3 is 0 Å². The number of hydrogen-bond acceptors (Lipinski definition) is 6. The molecule has 0 atom stereocenters. The Bertz CT molecular complexity index is 991. The molecule has 1 amide bonds. The Balaban J connectivity index is 1.53. The first-order valence-electron chi connectivity index (χ1n) is 9.84. The number of methoxy groups -OCH3 is 1. The molecule has 0 spiro atoms. The van der Waals surface area contributed by atoms with Gasteiger partial charge in [0, 0.05) is 25.2 Å². The van der Waals surface area contributed by atoms with Gasteiger partial charge in [-0.3, -0.25) is 4.79 Å². The van der Waals surface area contributed by atoms with Crippen molar-refractivity contribution in [2.75, 3.05) is 45.3 Å². The maximum absolute atomic E-state index is 12.9. The minimum absolute atomic E-state index is 0.0308. The van der Waals surface area contributed by atoms with Crippen LogP contribution in [0.2, 0.25) is 5.02 Å². The third-order valence-corrected chi connectivity index (χ3v) is 7.06. The van der Waals surface area contributed by atoms with Crippen LogP contribution >= 0.6 is 11.6 Å². The Kier molecular flexibility index (Phi) is 8.14. The van der Waals surface area contributed by atoms with Crippen molar-refractivity contribution in [2.45, 2.75) is 17.7 Å². The number of ether oxygens (including phenoxy) is 3. The van der Waals surface area contributed by atoms with E-state index >= 15 is 0 Å². The number of halogens is 1. The Labute approximate surface area is 187 Å². The van der Waals surface area contributed by atoms with Gasteiger partial charge in [0.2, 0.25) is 15.9 Å². The molecule has 10 heteroatoms. The number of benzene rings is 2. The van der Waals surface area contributed by atoms with Gasteiger partial charge in [0.05, 0.1) is 32.0 Å². The molecule has 3 rings (SSSR count). The fourth-order valence-electron chi connectivity index (χ4n) is 3.02. The molecule has 0 radical (unpaired) electrons. The van der Waals surface area contributed by atoms with Crippen molar-refractivity contribution >= 4 is 33.2 Å². The predicted octanol–water partition coefficient (Wildman–Crippen LogP) is 3.17. The summed E-state index contributed by atoms with van der Waals surface area (Å²) >= 11 is 6.14. The highest BCUT2D eigenvalue weighted by atomic mass is 35.5. The highest BCUT2D eigenvalue weighted by Crippen LogP contribution is 2.28. The fraction of sp³-hybridized carbons (Fsp3) is 0.381. The van der Waals surface area contributed by atoms with Crippen LogP contribution in [0.5, 0.6) is 11.5 Å². The van der Waals surface area contributed by atoms with E-state index in [2.05, 4.69) is 5.32 Å². The summed E-state index contributed by atoms with van der Waals surface area (Å²) < 4.78 is 43.0. The third-order valence-electron chi connectivity index (χ3n) is 4.68. The van der Waals surface area contributed by atoms with Crippen molar-refractivity contribution in [1.29, 1.82) is 0 Å². The third kappa shape index (κ3) is 6.33. The molecule has 0 unspecified atom stereocenters. The summed E-state index contributed by atoms with van der Waals surface area (Å²) in [5, 5.41) is 2.83. The standard InChI is InChI=1S/C21H25ClN2O6S/c1-28-17-5-7-18(8-6-17)30-12-2-3-21(25)23-16-4-9-19(22)20(15-16)31(26,27)24-10-13-29-14-11-24/h4-9,15H,2-3,10-14H2,1H3,(H,23,25). The van der Waals surface area contributed by atoms with Crippen LogP contribution in [-0.2, 0) is 19.6 Å². The molecular formula is C21H25ClN2O6S. The zero-order chi connectivity index (χ0) is 22.3. The van der Waals surface area contributed by atoms with Crippen LogP contribution in [0.4, 0.5) is 5.69 Å². The monoisotopic (exact) mass is 468 g/mol. The summed E-state index contributed by atoms with van der Waals surface area (Å²) in [6, 6.07) is 11.6. The van der Waals surface area contributed by atoms with Gasteiger partial charge in [-0.1, -0.05) is 11.6 Å². The first-order valence-corrected chi connectivity index (χ1v) is 11.7. The van der Waals surface area contributed by atoms with Gasteiger partial charge in [0.25, 0.3) is 0 Å². The van der Waals surface area contributed by atoms with E-state index in [1.807, 2.05) is 0 Å². The first kappa shape index (κ1) is 23.3. The van der Waals surface area contributed by atoms with Crippen LogP contribution in [0.25, 0.3) is 0 Å². The SMILES string of the molecule is COc1ccc(OCCCC(=O)Nc2ccc(Cl)c(S(=O)(=O)N3CCOCC3)c2)cc1. The van der Waals surface area contributed by atoms with Gasteiger partial charge in [-0.05, 0) is 48.9 Å². The summed E-state index contributed by atoms with van der Waals surface area (Å²) in [5.74, 6) is 1.19. The van der Waals surface area contributed by atoms with Crippen LogP contribution < -0.4 is 14.8 Å². The molecule has 0 bridgehead atoms. The maximum atomic E-state index is 12.9. The Morgan fingerprint density at radius 3 is 2.48 bits per heavy atom. The molecule has 0 aromatic heterocycles. The highest BCUT2D eigenvalue weighted by molar-refractivity contribution is 7.89. The largest absolute Gasteiger partial charge is 0.497 e. The summed E-state index contributed by atoms with van der Waals surface area (Å²) in [7, 11) is -2.17. The molecule has 1 aliphatic heterocycles. The first-order chi connectivity index (χ1) is 14.9. The molecule has 0 saturated carbocycles. The zero-order valence-electron chi connectivity index (χ0n) is 17.2. The fourth-order valence-corrected chi connectivity index (χ4v) is 4.93. The second-order valence-corrected chi connectivity index (χ2v) is 9.15. The molecule has 168 valence electrons. The highest BCUT2D eigenvalue weighted by Gasteiger charge is 2.28. The van der Waals surface area contributed by atoms with Crippen molar-refractivity contribution in [3.8, 4) is 11.5 Å². The van der Waals surface area contributed by atoms with Crippen LogP contribution in [0, 0.1) is 0 Å². The minimum Gasteiger partial charge on any atom is -0.497 e. The normalized spacial score (nSPS) is 14.8. The molecule has 0 aliphatic carbocycles. The number of rotatable bonds is 9. The number of nitrogens with one attached hydrogen (secondary N) is 1. The zero-order valence-corrected chi connectivity index (χ0v) is 18.7. The van der Waals surface area contributed by atoms with E-state index in [-0.39, 0.29) is 35.3 Å². The second-order valence-electron chi connectivity index (χ2n) is 6.84. The lowest BCUT2D eigenvalue weighted by molar-refractivity contribution is -0.116. The Morgan fingerprint density at radius 2 is 1.81 bits per heavy atom. The average Bonchev–Trinajstić information content (AvgIpc) is 2.79. The number of morpholine rings is 1.